The van der Waals surface area contributed by atoms with E-state index in [0.29, 0.717) is 0 Å². The van der Waals surface area contributed by atoms with E-state index < -0.39 is 38.0 Å². The highest BCUT2D eigenvalue weighted by atomic mass is 31.2. The van der Waals surface area contributed by atoms with Gasteiger partial charge in [0.1, 0.15) is 5.75 Å². The lowest BCUT2D eigenvalue weighted by atomic mass is 10.1. The van der Waals surface area contributed by atoms with Gasteiger partial charge in [0.15, 0.2) is 0 Å². The molecule has 0 amide bonds. The number of hydrogen-bond acceptors (Lipinski definition) is 5. The van der Waals surface area contributed by atoms with Gasteiger partial charge >= 0.3 is 19.5 Å². The van der Waals surface area contributed by atoms with Crippen molar-refractivity contribution < 1.29 is 33.8 Å². The summed E-state index contributed by atoms with van der Waals surface area (Å²) in [5.74, 6) is -3.67. The van der Waals surface area contributed by atoms with Gasteiger partial charge in [0.25, 0.3) is 0 Å². The van der Waals surface area contributed by atoms with Crippen LogP contribution in [0.1, 0.15) is 12.8 Å². The van der Waals surface area contributed by atoms with Gasteiger partial charge in [0.05, 0.1) is 12.1 Å². The van der Waals surface area contributed by atoms with Crippen LogP contribution in [0.4, 0.5) is 0 Å². The van der Waals surface area contributed by atoms with Crippen molar-refractivity contribution in [2.24, 2.45) is 5.92 Å². The predicted molar refractivity (Wildman–Crippen MR) is 67.6 cm³/mol. The number of hydrogen-bond donors (Lipinski definition) is 3. The van der Waals surface area contributed by atoms with E-state index >= 15 is 0 Å². The molecule has 1 aromatic rings. The maximum atomic E-state index is 11.8. The van der Waals surface area contributed by atoms with Gasteiger partial charge in [-0.05, 0) is 18.6 Å². The number of aliphatic carboxylic acids is 2. The van der Waals surface area contributed by atoms with E-state index in [0.717, 1.165) is 0 Å². The normalized spacial score (nSPS) is 15.1. The minimum absolute atomic E-state index is 0.0909. The highest BCUT2D eigenvalue weighted by molar-refractivity contribution is 7.53. The van der Waals surface area contributed by atoms with Crippen LogP contribution in [0.2, 0.25) is 0 Å². The summed E-state index contributed by atoms with van der Waals surface area (Å²) in [5, 5.41) is 17.4. The van der Waals surface area contributed by atoms with Gasteiger partial charge in [0, 0.05) is 18.8 Å². The smallest absolute Gasteiger partial charge is 0.377 e. The topological polar surface area (TPSA) is 134 Å². The molecule has 0 aliphatic carbocycles. The Morgan fingerprint density at radius 3 is 2.40 bits per heavy atom. The summed E-state index contributed by atoms with van der Waals surface area (Å²) in [6.45, 7) is 0. The number of nitrogens with zero attached hydrogens (tertiary/aromatic N) is 1. The second-order valence-electron chi connectivity index (χ2n) is 4.06. The molecule has 1 aromatic heterocycles. The molecule has 8 nitrogen and oxygen atoms in total. The van der Waals surface area contributed by atoms with Crippen LogP contribution in [-0.2, 0) is 14.2 Å². The standard InChI is InChI=1S/C11H14NO7P/c13-10(14)2-1-8(11(15)16)7-20(17,18)19-9-3-5-12-6-4-9/h3-6,8H,1-2,7H2,(H,13,14)(H,15,16)(H,17,18). The molecular weight excluding hydrogens is 289 g/mol. The zero-order valence-corrected chi connectivity index (χ0v) is 11.3. The molecule has 9 heteroatoms. The molecule has 1 rings (SSSR count). The Morgan fingerprint density at radius 2 is 1.90 bits per heavy atom. The summed E-state index contributed by atoms with van der Waals surface area (Å²) < 4.78 is 16.7. The third kappa shape index (κ3) is 5.81. The van der Waals surface area contributed by atoms with Gasteiger partial charge in [-0.2, -0.15) is 0 Å². The fourth-order valence-corrected chi connectivity index (χ4v) is 2.89. The molecule has 1 heterocycles. The zero-order valence-electron chi connectivity index (χ0n) is 10.4. The maximum absolute atomic E-state index is 11.8. The van der Waals surface area contributed by atoms with Crippen molar-refractivity contribution in [1.29, 1.82) is 0 Å². The molecule has 2 unspecified atom stereocenters. The number of pyridine rings is 1. The molecule has 0 aliphatic rings. The maximum Gasteiger partial charge on any atom is 0.377 e. The van der Waals surface area contributed by atoms with Gasteiger partial charge in [-0.15, -0.1) is 0 Å². The van der Waals surface area contributed by atoms with E-state index in [4.69, 9.17) is 14.7 Å². The first-order valence-electron chi connectivity index (χ1n) is 5.66. The van der Waals surface area contributed by atoms with Crippen LogP contribution in [0.5, 0.6) is 5.75 Å². The van der Waals surface area contributed by atoms with Crippen molar-refractivity contribution in [2.45, 2.75) is 12.8 Å². The van der Waals surface area contributed by atoms with Gasteiger partial charge in [-0.3, -0.25) is 14.6 Å². The summed E-state index contributed by atoms with van der Waals surface area (Å²) in [7, 11) is -4.19. The van der Waals surface area contributed by atoms with E-state index in [2.05, 4.69) is 4.98 Å². The third-order valence-electron chi connectivity index (χ3n) is 2.40. The number of carboxylic acid groups (broad SMARTS) is 2. The summed E-state index contributed by atoms with van der Waals surface area (Å²) >= 11 is 0. The van der Waals surface area contributed by atoms with Crippen LogP contribution in [-0.4, -0.2) is 38.2 Å². The Bertz CT molecular complexity index is 519. The SMILES string of the molecule is O=C(O)CCC(CP(=O)(O)Oc1ccncc1)C(=O)O. The number of carboxylic acids is 2. The number of rotatable bonds is 8. The summed E-state index contributed by atoms with van der Waals surface area (Å²) in [6, 6.07) is 2.71. The molecule has 0 aliphatic heterocycles. The van der Waals surface area contributed by atoms with E-state index in [1.165, 1.54) is 24.5 Å². The Labute approximate surface area is 114 Å². The van der Waals surface area contributed by atoms with Crippen LogP contribution in [0.25, 0.3) is 0 Å². The Balaban J connectivity index is 2.68. The molecule has 2 atom stereocenters. The third-order valence-corrected chi connectivity index (χ3v) is 3.80. The predicted octanol–water partition coefficient (Wildman–Crippen LogP) is 1.21. The van der Waals surface area contributed by atoms with E-state index in [-0.39, 0.29) is 12.2 Å². The Morgan fingerprint density at radius 1 is 1.30 bits per heavy atom. The molecule has 20 heavy (non-hydrogen) atoms. The molecule has 0 spiro atoms. The van der Waals surface area contributed by atoms with E-state index in [9.17, 15) is 19.0 Å². The van der Waals surface area contributed by atoms with Crippen molar-refractivity contribution in [3.8, 4) is 5.75 Å². The molecule has 0 aromatic carbocycles. The first-order valence-corrected chi connectivity index (χ1v) is 7.42. The van der Waals surface area contributed by atoms with Crippen LogP contribution < -0.4 is 4.52 Å². The quantitative estimate of drug-likeness (QED) is 0.610. The molecule has 0 radical (unpaired) electrons. The van der Waals surface area contributed by atoms with E-state index in [1.807, 2.05) is 0 Å². The van der Waals surface area contributed by atoms with Crippen molar-refractivity contribution in [3.63, 3.8) is 0 Å². The fraction of sp³-hybridized carbons (Fsp3) is 0.364. The van der Waals surface area contributed by atoms with Crippen molar-refractivity contribution in [2.75, 3.05) is 6.16 Å². The zero-order chi connectivity index (χ0) is 15.2. The number of aromatic nitrogens is 1. The lowest BCUT2D eigenvalue weighted by molar-refractivity contribution is -0.142. The van der Waals surface area contributed by atoms with Crippen LogP contribution in [0.15, 0.2) is 24.5 Å². The van der Waals surface area contributed by atoms with Crippen LogP contribution in [0, 0.1) is 5.92 Å². The highest BCUT2D eigenvalue weighted by Gasteiger charge is 2.31. The minimum atomic E-state index is -4.19. The highest BCUT2D eigenvalue weighted by Crippen LogP contribution is 2.44. The Hall–Kier alpha value is -1.92. The lowest BCUT2D eigenvalue weighted by Crippen LogP contribution is -2.20. The summed E-state index contributed by atoms with van der Waals surface area (Å²) in [6.07, 6.45) is 1.42. The molecular formula is C11H14NO7P. The van der Waals surface area contributed by atoms with Crippen LogP contribution >= 0.6 is 7.60 Å². The van der Waals surface area contributed by atoms with Gasteiger partial charge in [0.2, 0.25) is 0 Å². The monoisotopic (exact) mass is 303 g/mol. The number of carbonyl (C=O) groups is 2. The fourth-order valence-electron chi connectivity index (χ4n) is 1.47. The van der Waals surface area contributed by atoms with Gasteiger partial charge in [-0.25, -0.2) is 4.57 Å². The second kappa shape index (κ2) is 7.02. The first kappa shape index (κ1) is 16.1. The van der Waals surface area contributed by atoms with Crippen LogP contribution in [0.3, 0.4) is 0 Å². The largest absolute Gasteiger partial charge is 0.481 e. The summed E-state index contributed by atoms with van der Waals surface area (Å²) in [5.41, 5.74) is 0. The molecule has 0 saturated carbocycles. The average Bonchev–Trinajstić information content (AvgIpc) is 2.34. The summed E-state index contributed by atoms with van der Waals surface area (Å²) in [4.78, 5) is 34.7. The molecule has 0 saturated heterocycles. The van der Waals surface area contributed by atoms with Crippen molar-refractivity contribution >= 4 is 19.5 Å². The molecule has 0 bridgehead atoms. The minimum Gasteiger partial charge on any atom is -0.481 e. The van der Waals surface area contributed by atoms with E-state index in [1.54, 1.807) is 0 Å². The first-order chi connectivity index (χ1) is 9.30. The van der Waals surface area contributed by atoms with Gasteiger partial charge in [-0.1, -0.05) is 0 Å². The molecule has 3 N–H and O–H groups in total. The molecule has 110 valence electrons. The van der Waals surface area contributed by atoms with Crippen molar-refractivity contribution in [3.05, 3.63) is 24.5 Å². The Kier molecular flexibility index (Phi) is 5.66. The molecule has 0 fully saturated rings. The average molecular weight is 303 g/mol. The van der Waals surface area contributed by atoms with Gasteiger partial charge < -0.3 is 19.6 Å². The lowest BCUT2D eigenvalue weighted by Gasteiger charge is -2.17. The second-order valence-corrected chi connectivity index (χ2v) is 5.88. The van der Waals surface area contributed by atoms with Crippen molar-refractivity contribution in [1.82, 2.24) is 4.98 Å².